The zero-order valence-corrected chi connectivity index (χ0v) is 9.99. The maximum absolute atomic E-state index is 11.3. The summed E-state index contributed by atoms with van der Waals surface area (Å²) in [5.74, 6) is 0.449. The number of nitrogens with one attached hydrogen (secondary N) is 1. The van der Waals surface area contributed by atoms with Gasteiger partial charge >= 0.3 is 0 Å². The summed E-state index contributed by atoms with van der Waals surface area (Å²) in [6.45, 7) is 7.68. The van der Waals surface area contributed by atoms with E-state index < -0.39 is 0 Å². The average Bonchev–Trinajstić information content (AvgIpc) is 2.27. The molecule has 16 heavy (non-hydrogen) atoms. The van der Waals surface area contributed by atoms with Gasteiger partial charge in [0.1, 0.15) is 0 Å². The maximum atomic E-state index is 11.3. The monoisotopic (exact) mass is 217 g/mol. The highest BCUT2D eigenvalue weighted by Gasteiger charge is 2.07. The molecule has 1 aromatic rings. The molecule has 1 rings (SSSR count). The quantitative estimate of drug-likeness (QED) is 0.806. The van der Waals surface area contributed by atoms with Crippen molar-refractivity contribution in [1.82, 2.24) is 5.32 Å². The molecule has 0 radical (unpaired) electrons. The zero-order chi connectivity index (χ0) is 12.0. The second-order valence-electron chi connectivity index (χ2n) is 4.12. The molecule has 1 amide bonds. The first kappa shape index (κ1) is 12.5. The van der Waals surface area contributed by atoms with Crippen LogP contribution in [-0.4, -0.2) is 5.91 Å². The van der Waals surface area contributed by atoms with Crippen LogP contribution in [0.15, 0.2) is 37.0 Å². The number of hydrogen-bond acceptors (Lipinski definition) is 1. The molecule has 86 valence electrons. The second-order valence-corrected chi connectivity index (χ2v) is 4.12. The molecule has 0 aliphatic heterocycles. The van der Waals surface area contributed by atoms with Crippen molar-refractivity contribution in [1.29, 1.82) is 0 Å². The molecule has 2 heteroatoms. The first-order valence-corrected chi connectivity index (χ1v) is 5.60. The van der Waals surface area contributed by atoms with Crippen LogP contribution in [0.5, 0.6) is 0 Å². The summed E-state index contributed by atoms with van der Waals surface area (Å²) >= 11 is 0. The SMILES string of the molecule is C=CNC(=O)CCC(C)c1ccc(C)cc1. The van der Waals surface area contributed by atoms with Crippen molar-refractivity contribution in [2.75, 3.05) is 0 Å². The lowest BCUT2D eigenvalue weighted by molar-refractivity contribution is -0.120. The van der Waals surface area contributed by atoms with Gasteiger partial charge in [-0.3, -0.25) is 4.79 Å². The van der Waals surface area contributed by atoms with E-state index in [1.165, 1.54) is 17.3 Å². The van der Waals surface area contributed by atoms with Gasteiger partial charge < -0.3 is 5.32 Å². The highest BCUT2D eigenvalue weighted by atomic mass is 16.1. The van der Waals surface area contributed by atoms with Gasteiger partial charge in [-0.25, -0.2) is 0 Å². The summed E-state index contributed by atoms with van der Waals surface area (Å²) in [4.78, 5) is 11.3. The molecule has 0 aromatic heterocycles. The first-order chi connectivity index (χ1) is 7.63. The summed E-state index contributed by atoms with van der Waals surface area (Å²) in [6.07, 6.45) is 2.84. The van der Waals surface area contributed by atoms with Gasteiger partial charge in [0.15, 0.2) is 0 Å². The van der Waals surface area contributed by atoms with Crippen LogP contribution in [0.25, 0.3) is 0 Å². The molecule has 0 aliphatic carbocycles. The predicted octanol–water partition coefficient (Wildman–Crippen LogP) is 3.14. The summed E-state index contributed by atoms with van der Waals surface area (Å²) in [7, 11) is 0. The Morgan fingerprint density at radius 1 is 1.44 bits per heavy atom. The fourth-order valence-electron chi connectivity index (χ4n) is 1.60. The summed E-state index contributed by atoms with van der Waals surface area (Å²) in [5, 5.41) is 2.59. The number of amides is 1. The molecule has 0 saturated heterocycles. The van der Waals surface area contributed by atoms with E-state index in [-0.39, 0.29) is 5.91 Å². The van der Waals surface area contributed by atoms with Crippen molar-refractivity contribution in [3.05, 3.63) is 48.2 Å². The third kappa shape index (κ3) is 3.89. The molecule has 0 fully saturated rings. The van der Waals surface area contributed by atoms with Crippen LogP contribution in [0, 0.1) is 6.92 Å². The highest BCUT2D eigenvalue weighted by Crippen LogP contribution is 2.20. The van der Waals surface area contributed by atoms with Gasteiger partial charge in [0.05, 0.1) is 0 Å². The normalized spacial score (nSPS) is 11.9. The van der Waals surface area contributed by atoms with E-state index in [4.69, 9.17) is 0 Å². The lowest BCUT2D eigenvalue weighted by Crippen LogP contribution is -2.16. The molecule has 0 heterocycles. The van der Waals surface area contributed by atoms with Gasteiger partial charge in [-0.2, -0.15) is 0 Å². The predicted molar refractivity (Wildman–Crippen MR) is 67.2 cm³/mol. The van der Waals surface area contributed by atoms with Crippen molar-refractivity contribution >= 4 is 5.91 Å². The Kier molecular flexibility index (Phi) is 4.77. The molecule has 0 aliphatic rings. The van der Waals surface area contributed by atoms with E-state index in [1.807, 2.05) is 0 Å². The Hall–Kier alpha value is -1.57. The lowest BCUT2D eigenvalue weighted by atomic mass is 9.95. The molecule has 0 spiro atoms. The molecule has 1 aromatic carbocycles. The van der Waals surface area contributed by atoms with Crippen LogP contribution < -0.4 is 5.32 Å². The number of carbonyl (C=O) groups excluding carboxylic acids is 1. The minimum absolute atomic E-state index is 0.0361. The molecule has 0 saturated carbocycles. The van der Waals surface area contributed by atoms with Gasteiger partial charge in [0.2, 0.25) is 5.91 Å². The van der Waals surface area contributed by atoms with Gasteiger partial charge in [-0.1, -0.05) is 43.3 Å². The number of aryl methyl sites for hydroxylation is 1. The fourth-order valence-corrected chi connectivity index (χ4v) is 1.60. The van der Waals surface area contributed by atoms with E-state index in [0.29, 0.717) is 12.3 Å². The Balaban J connectivity index is 2.46. The summed E-state index contributed by atoms with van der Waals surface area (Å²) in [6, 6.07) is 8.47. The molecular formula is C14H19NO. The number of benzene rings is 1. The van der Waals surface area contributed by atoms with E-state index in [9.17, 15) is 4.79 Å². The van der Waals surface area contributed by atoms with Crippen LogP contribution in [0.3, 0.4) is 0 Å². The van der Waals surface area contributed by atoms with Crippen molar-refractivity contribution < 1.29 is 4.79 Å². The maximum Gasteiger partial charge on any atom is 0.223 e. The lowest BCUT2D eigenvalue weighted by Gasteiger charge is -2.11. The third-order valence-electron chi connectivity index (χ3n) is 2.71. The zero-order valence-electron chi connectivity index (χ0n) is 9.99. The van der Waals surface area contributed by atoms with Crippen molar-refractivity contribution in [3.8, 4) is 0 Å². The van der Waals surface area contributed by atoms with Crippen molar-refractivity contribution in [3.63, 3.8) is 0 Å². The largest absolute Gasteiger partial charge is 0.333 e. The van der Waals surface area contributed by atoms with Crippen molar-refractivity contribution in [2.24, 2.45) is 0 Å². The van der Waals surface area contributed by atoms with Gasteiger partial charge in [-0.05, 0) is 31.0 Å². The number of carbonyl (C=O) groups is 1. The smallest absolute Gasteiger partial charge is 0.223 e. The Labute approximate surface area is 97.4 Å². The van der Waals surface area contributed by atoms with E-state index in [2.05, 4.69) is 50.0 Å². The molecular weight excluding hydrogens is 198 g/mol. The Morgan fingerprint density at radius 2 is 2.06 bits per heavy atom. The second kappa shape index (κ2) is 6.11. The van der Waals surface area contributed by atoms with Gasteiger partial charge in [0.25, 0.3) is 0 Å². The number of rotatable bonds is 5. The van der Waals surface area contributed by atoms with E-state index in [0.717, 1.165) is 6.42 Å². The van der Waals surface area contributed by atoms with Crippen molar-refractivity contribution in [2.45, 2.75) is 32.6 Å². The molecule has 2 nitrogen and oxygen atoms in total. The fraction of sp³-hybridized carbons (Fsp3) is 0.357. The third-order valence-corrected chi connectivity index (χ3v) is 2.71. The summed E-state index contributed by atoms with van der Waals surface area (Å²) in [5.41, 5.74) is 2.55. The minimum atomic E-state index is 0.0361. The highest BCUT2D eigenvalue weighted by molar-refractivity contribution is 5.76. The molecule has 0 bridgehead atoms. The Bertz CT molecular complexity index is 354. The van der Waals surface area contributed by atoms with Gasteiger partial charge in [-0.15, -0.1) is 0 Å². The van der Waals surface area contributed by atoms with Crippen LogP contribution in [0.4, 0.5) is 0 Å². The van der Waals surface area contributed by atoms with E-state index in [1.54, 1.807) is 0 Å². The standard InChI is InChI=1S/C14H19NO/c1-4-15-14(16)10-7-12(3)13-8-5-11(2)6-9-13/h4-6,8-9,12H,1,7,10H2,2-3H3,(H,15,16). The minimum Gasteiger partial charge on any atom is -0.333 e. The average molecular weight is 217 g/mol. The summed E-state index contributed by atoms with van der Waals surface area (Å²) < 4.78 is 0. The molecule has 1 unspecified atom stereocenters. The van der Waals surface area contributed by atoms with Crippen LogP contribution >= 0.6 is 0 Å². The van der Waals surface area contributed by atoms with Crippen LogP contribution in [0.2, 0.25) is 0 Å². The molecule has 1 N–H and O–H groups in total. The molecule has 1 atom stereocenters. The topological polar surface area (TPSA) is 29.1 Å². The number of hydrogen-bond donors (Lipinski definition) is 1. The Morgan fingerprint density at radius 3 is 2.62 bits per heavy atom. The van der Waals surface area contributed by atoms with Crippen LogP contribution in [-0.2, 0) is 4.79 Å². The van der Waals surface area contributed by atoms with E-state index >= 15 is 0 Å². The first-order valence-electron chi connectivity index (χ1n) is 5.60. The van der Waals surface area contributed by atoms with Gasteiger partial charge in [0, 0.05) is 6.42 Å². The van der Waals surface area contributed by atoms with Crippen LogP contribution in [0.1, 0.15) is 36.8 Å².